The molecule has 0 saturated heterocycles. The van der Waals surface area contributed by atoms with Crippen LogP contribution in [0.1, 0.15) is 23.1 Å². The Morgan fingerprint density at radius 2 is 1.93 bits per heavy atom. The van der Waals surface area contributed by atoms with Gasteiger partial charge in [0.25, 0.3) is 0 Å². The molecule has 0 aliphatic heterocycles. The molecule has 0 aliphatic carbocycles. The van der Waals surface area contributed by atoms with Crippen LogP contribution in [-0.4, -0.2) is 20.2 Å². The second-order valence-corrected chi connectivity index (χ2v) is 7.78. The standard InChI is InChI=1S/C21H20N2O3S/c1-13-6-7-16-17(10-13)22(9-8-19(24)25)21(26)23(16)11-15-12-27-18-5-3-4-14(2)20(15)18/h3-7,10,12H,8-9,11H2,1-2H3,(H,24,25). The molecule has 0 atom stereocenters. The Kier molecular flexibility index (Phi) is 4.36. The Morgan fingerprint density at radius 1 is 1.11 bits per heavy atom. The van der Waals surface area contributed by atoms with Crippen molar-refractivity contribution in [2.45, 2.75) is 33.4 Å². The normalized spacial score (nSPS) is 11.5. The molecule has 5 nitrogen and oxygen atoms in total. The fraction of sp³-hybridized carbons (Fsp3) is 0.238. The van der Waals surface area contributed by atoms with Crippen LogP contribution < -0.4 is 5.69 Å². The number of benzene rings is 2. The van der Waals surface area contributed by atoms with Crippen LogP contribution in [0, 0.1) is 13.8 Å². The zero-order valence-corrected chi connectivity index (χ0v) is 16.0. The Labute approximate surface area is 160 Å². The monoisotopic (exact) mass is 380 g/mol. The van der Waals surface area contributed by atoms with Crippen molar-refractivity contribution >= 4 is 38.4 Å². The first kappa shape index (κ1) is 17.5. The van der Waals surface area contributed by atoms with Crippen molar-refractivity contribution in [2.24, 2.45) is 0 Å². The molecule has 2 heterocycles. The van der Waals surface area contributed by atoms with Crippen LogP contribution in [-0.2, 0) is 17.9 Å². The van der Waals surface area contributed by atoms with Crippen LogP contribution in [0.25, 0.3) is 21.1 Å². The van der Waals surface area contributed by atoms with Crippen LogP contribution in [0.4, 0.5) is 0 Å². The summed E-state index contributed by atoms with van der Waals surface area (Å²) in [7, 11) is 0. The highest BCUT2D eigenvalue weighted by Gasteiger charge is 2.16. The van der Waals surface area contributed by atoms with E-state index in [1.165, 1.54) is 15.6 Å². The van der Waals surface area contributed by atoms with E-state index in [0.717, 1.165) is 22.2 Å². The highest BCUT2D eigenvalue weighted by atomic mass is 32.1. The number of aliphatic carboxylic acids is 1. The molecule has 0 unspecified atom stereocenters. The molecule has 0 fully saturated rings. The van der Waals surface area contributed by atoms with Gasteiger partial charge in [-0.25, -0.2) is 4.79 Å². The van der Waals surface area contributed by atoms with Gasteiger partial charge < -0.3 is 5.11 Å². The summed E-state index contributed by atoms with van der Waals surface area (Å²) in [5.41, 5.74) is 4.82. The summed E-state index contributed by atoms with van der Waals surface area (Å²) in [6.45, 7) is 4.70. The first-order chi connectivity index (χ1) is 13.0. The summed E-state index contributed by atoms with van der Waals surface area (Å²) in [6.07, 6.45) is -0.0759. The number of carbonyl (C=O) groups is 1. The number of fused-ring (bicyclic) bond motifs is 2. The lowest BCUT2D eigenvalue weighted by molar-refractivity contribution is -0.137. The molecule has 0 radical (unpaired) electrons. The summed E-state index contributed by atoms with van der Waals surface area (Å²) in [4.78, 5) is 24.1. The van der Waals surface area contributed by atoms with Crippen LogP contribution in [0.5, 0.6) is 0 Å². The molecular formula is C21H20N2O3S. The van der Waals surface area contributed by atoms with Gasteiger partial charge in [0.05, 0.1) is 24.0 Å². The van der Waals surface area contributed by atoms with Crippen molar-refractivity contribution in [3.63, 3.8) is 0 Å². The van der Waals surface area contributed by atoms with E-state index in [1.54, 1.807) is 20.5 Å². The van der Waals surface area contributed by atoms with Crippen molar-refractivity contribution in [3.05, 3.63) is 69.0 Å². The lowest BCUT2D eigenvalue weighted by atomic mass is 10.1. The molecule has 0 amide bonds. The number of imidazole rings is 1. The van der Waals surface area contributed by atoms with E-state index in [4.69, 9.17) is 5.11 Å². The number of nitrogens with zero attached hydrogens (tertiary/aromatic N) is 2. The smallest absolute Gasteiger partial charge is 0.329 e. The largest absolute Gasteiger partial charge is 0.481 e. The number of carboxylic acid groups (broad SMARTS) is 1. The van der Waals surface area contributed by atoms with E-state index in [1.807, 2.05) is 31.2 Å². The van der Waals surface area contributed by atoms with Gasteiger partial charge in [0.15, 0.2) is 0 Å². The fourth-order valence-electron chi connectivity index (χ4n) is 3.64. The van der Waals surface area contributed by atoms with E-state index in [-0.39, 0.29) is 18.7 Å². The quantitative estimate of drug-likeness (QED) is 0.565. The molecule has 4 rings (SSSR count). The Bertz CT molecular complexity index is 1230. The van der Waals surface area contributed by atoms with Crippen molar-refractivity contribution in [1.82, 2.24) is 9.13 Å². The summed E-state index contributed by atoms with van der Waals surface area (Å²) in [5, 5.41) is 12.3. The van der Waals surface area contributed by atoms with Crippen molar-refractivity contribution in [2.75, 3.05) is 0 Å². The summed E-state index contributed by atoms with van der Waals surface area (Å²) in [6, 6.07) is 12.1. The van der Waals surface area contributed by atoms with Crippen molar-refractivity contribution in [1.29, 1.82) is 0 Å². The fourth-order valence-corrected chi connectivity index (χ4v) is 4.67. The maximum absolute atomic E-state index is 13.1. The number of hydrogen-bond acceptors (Lipinski definition) is 3. The average molecular weight is 380 g/mol. The van der Waals surface area contributed by atoms with Gasteiger partial charge in [0.1, 0.15) is 0 Å². The number of hydrogen-bond donors (Lipinski definition) is 1. The summed E-state index contributed by atoms with van der Waals surface area (Å²) in [5.74, 6) is -0.907. The molecule has 1 N–H and O–H groups in total. The van der Waals surface area contributed by atoms with Crippen LogP contribution in [0.15, 0.2) is 46.6 Å². The summed E-state index contributed by atoms with van der Waals surface area (Å²) >= 11 is 1.68. The molecule has 6 heteroatoms. The second kappa shape index (κ2) is 6.70. The maximum atomic E-state index is 13.1. The van der Waals surface area contributed by atoms with E-state index in [0.29, 0.717) is 6.54 Å². The minimum Gasteiger partial charge on any atom is -0.481 e. The molecule has 2 aromatic carbocycles. The van der Waals surface area contributed by atoms with Crippen LogP contribution >= 0.6 is 11.3 Å². The SMILES string of the molecule is Cc1ccc2c(c1)n(CCC(=O)O)c(=O)n2Cc1csc2cccc(C)c12. The second-order valence-electron chi connectivity index (χ2n) is 6.87. The molecule has 0 bridgehead atoms. The number of aryl methyl sites for hydroxylation is 3. The molecule has 0 saturated carbocycles. The lowest BCUT2D eigenvalue weighted by Crippen LogP contribution is -2.25. The molecule has 2 aromatic heterocycles. The molecule has 138 valence electrons. The van der Waals surface area contributed by atoms with Crippen molar-refractivity contribution < 1.29 is 9.90 Å². The first-order valence-corrected chi connectivity index (χ1v) is 9.71. The zero-order chi connectivity index (χ0) is 19.1. The third-order valence-electron chi connectivity index (χ3n) is 4.94. The molecule has 27 heavy (non-hydrogen) atoms. The van der Waals surface area contributed by atoms with Gasteiger partial charge in [-0.1, -0.05) is 18.2 Å². The van der Waals surface area contributed by atoms with Gasteiger partial charge in [-0.2, -0.15) is 0 Å². The number of aromatic nitrogens is 2. The van der Waals surface area contributed by atoms with E-state index in [9.17, 15) is 9.59 Å². The van der Waals surface area contributed by atoms with E-state index < -0.39 is 5.97 Å². The first-order valence-electron chi connectivity index (χ1n) is 8.83. The highest BCUT2D eigenvalue weighted by Crippen LogP contribution is 2.30. The predicted octanol–water partition coefficient (Wildman–Crippen LogP) is 4.16. The van der Waals surface area contributed by atoms with Gasteiger partial charge in [-0.3, -0.25) is 13.9 Å². The third-order valence-corrected chi connectivity index (χ3v) is 5.93. The molecule has 0 aliphatic rings. The lowest BCUT2D eigenvalue weighted by Gasteiger charge is -2.05. The third kappa shape index (κ3) is 3.06. The number of carboxylic acids is 1. The van der Waals surface area contributed by atoms with E-state index >= 15 is 0 Å². The Balaban J connectivity index is 1.87. The van der Waals surface area contributed by atoms with Gasteiger partial charge in [-0.05, 0) is 54.1 Å². The Hall–Kier alpha value is -2.86. The van der Waals surface area contributed by atoms with E-state index in [2.05, 4.69) is 24.4 Å². The Morgan fingerprint density at radius 3 is 2.70 bits per heavy atom. The van der Waals surface area contributed by atoms with Gasteiger partial charge in [0, 0.05) is 16.6 Å². The molecule has 4 aromatic rings. The van der Waals surface area contributed by atoms with Gasteiger partial charge in [-0.15, -0.1) is 11.3 Å². The van der Waals surface area contributed by atoms with Crippen LogP contribution in [0.3, 0.4) is 0 Å². The summed E-state index contributed by atoms with van der Waals surface area (Å²) < 4.78 is 4.55. The average Bonchev–Trinajstić information content (AvgIpc) is 3.14. The van der Waals surface area contributed by atoms with Crippen LogP contribution in [0.2, 0.25) is 0 Å². The van der Waals surface area contributed by atoms with Crippen molar-refractivity contribution in [3.8, 4) is 0 Å². The zero-order valence-electron chi connectivity index (χ0n) is 15.2. The highest BCUT2D eigenvalue weighted by molar-refractivity contribution is 7.17. The number of thiophene rings is 1. The minimum absolute atomic E-state index is 0.0759. The minimum atomic E-state index is -0.907. The van der Waals surface area contributed by atoms with Gasteiger partial charge in [0.2, 0.25) is 0 Å². The molecule has 0 spiro atoms. The predicted molar refractivity (Wildman–Crippen MR) is 109 cm³/mol. The maximum Gasteiger partial charge on any atom is 0.329 e. The van der Waals surface area contributed by atoms with Gasteiger partial charge >= 0.3 is 11.7 Å². The topological polar surface area (TPSA) is 64.2 Å². The number of rotatable bonds is 5. The molecular weight excluding hydrogens is 360 g/mol.